The molecular formula is C16H22N4O2S2. The average Bonchev–Trinajstić information content (AvgIpc) is 3.21. The molecule has 1 saturated heterocycles. The number of aryl methyl sites for hydroxylation is 1. The zero-order valence-corrected chi connectivity index (χ0v) is 15.2. The first kappa shape index (κ1) is 16.2. The normalized spacial score (nSPS) is 20.7. The van der Waals surface area contributed by atoms with E-state index in [-0.39, 0.29) is 0 Å². The van der Waals surface area contributed by atoms with E-state index in [0.717, 1.165) is 37.5 Å². The van der Waals surface area contributed by atoms with E-state index in [4.69, 9.17) is 0 Å². The number of hydrogen-bond acceptors (Lipinski definition) is 5. The first-order chi connectivity index (χ1) is 11.7. The molecule has 0 spiro atoms. The molecule has 0 radical (unpaired) electrons. The lowest BCUT2D eigenvalue weighted by Gasteiger charge is -2.30. The fraction of sp³-hybridized carbons (Fsp3) is 0.625. The van der Waals surface area contributed by atoms with Gasteiger partial charge >= 0.3 is 0 Å². The fourth-order valence-electron chi connectivity index (χ4n) is 3.70. The quantitative estimate of drug-likeness (QED) is 0.837. The van der Waals surface area contributed by atoms with E-state index in [1.54, 1.807) is 16.4 Å². The molecule has 8 heteroatoms. The van der Waals surface area contributed by atoms with Crippen molar-refractivity contribution in [2.24, 2.45) is 0 Å². The summed E-state index contributed by atoms with van der Waals surface area (Å²) in [6, 6.07) is 3.47. The topological polar surface area (TPSA) is 68.1 Å². The Kier molecular flexibility index (Phi) is 4.44. The van der Waals surface area contributed by atoms with Crippen molar-refractivity contribution in [1.82, 2.24) is 19.1 Å². The molecule has 130 valence electrons. The summed E-state index contributed by atoms with van der Waals surface area (Å²) in [5.74, 6) is 2.50. The van der Waals surface area contributed by atoms with Crippen LogP contribution in [0.4, 0.5) is 0 Å². The molecule has 24 heavy (non-hydrogen) atoms. The molecule has 0 saturated carbocycles. The van der Waals surface area contributed by atoms with Crippen molar-refractivity contribution in [2.45, 2.75) is 55.2 Å². The second-order valence-electron chi connectivity index (χ2n) is 6.55. The monoisotopic (exact) mass is 366 g/mol. The third-order valence-electron chi connectivity index (χ3n) is 5.05. The van der Waals surface area contributed by atoms with Crippen LogP contribution >= 0.6 is 11.3 Å². The van der Waals surface area contributed by atoms with Crippen LogP contribution in [0.15, 0.2) is 21.7 Å². The van der Waals surface area contributed by atoms with Gasteiger partial charge in [0, 0.05) is 32.0 Å². The van der Waals surface area contributed by atoms with E-state index in [1.807, 2.05) is 5.38 Å². The highest BCUT2D eigenvalue weighted by atomic mass is 32.2. The lowest BCUT2D eigenvalue weighted by atomic mass is 9.97. The number of thiophene rings is 1. The van der Waals surface area contributed by atoms with Gasteiger partial charge in [-0.1, -0.05) is 12.5 Å². The third kappa shape index (κ3) is 2.91. The number of hydrogen-bond donors (Lipinski definition) is 0. The predicted molar refractivity (Wildman–Crippen MR) is 92.6 cm³/mol. The number of aromatic nitrogens is 3. The Labute approximate surface area is 146 Å². The number of fused-ring (bicyclic) bond motifs is 1. The SMILES string of the molecule is O=S(=O)(c1cccs1)N1CCC(c2nnc3n2CCCCC3)CC1. The Morgan fingerprint density at radius 2 is 1.92 bits per heavy atom. The van der Waals surface area contributed by atoms with Gasteiger partial charge < -0.3 is 4.57 Å². The van der Waals surface area contributed by atoms with E-state index < -0.39 is 10.0 Å². The summed E-state index contributed by atoms with van der Waals surface area (Å²) in [7, 11) is -3.33. The van der Waals surface area contributed by atoms with Gasteiger partial charge in [0.15, 0.2) is 0 Å². The molecule has 0 aliphatic carbocycles. The lowest BCUT2D eigenvalue weighted by molar-refractivity contribution is 0.309. The standard InChI is InChI=1S/C16H22N4O2S2/c21-24(22,15-6-4-12-23-15)19-10-7-13(8-11-19)16-18-17-14-5-2-1-3-9-20(14)16/h4,6,12-13H,1-3,5,7-11H2. The smallest absolute Gasteiger partial charge is 0.252 e. The summed E-state index contributed by atoms with van der Waals surface area (Å²) in [5, 5.41) is 10.6. The zero-order chi connectivity index (χ0) is 16.6. The molecule has 0 aromatic carbocycles. The Morgan fingerprint density at radius 3 is 2.67 bits per heavy atom. The number of sulfonamides is 1. The summed E-state index contributed by atoms with van der Waals surface area (Å²) in [4.78, 5) is 0. The highest BCUT2D eigenvalue weighted by molar-refractivity contribution is 7.91. The van der Waals surface area contributed by atoms with Gasteiger partial charge in [-0.05, 0) is 37.1 Å². The molecule has 1 fully saturated rings. The minimum Gasteiger partial charge on any atom is -0.315 e. The van der Waals surface area contributed by atoms with Crippen molar-refractivity contribution in [3.05, 3.63) is 29.2 Å². The number of piperidine rings is 1. The maximum atomic E-state index is 12.6. The summed E-state index contributed by atoms with van der Waals surface area (Å²) in [5.41, 5.74) is 0. The van der Waals surface area contributed by atoms with E-state index in [1.165, 1.54) is 30.6 Å². The van der Waals surface area contributed by atoms with E-state index >= 15 is 0 Å². The molecule has 0 amide bonds. The molecule has 0 unspecified atom stereocenters. The largest absolute Gasteiger partial charge is 0.315 e. The molecule has 2 aliphatic rings. The maximum Gasteiger partial charge on any atom is 0.252 e. The first-order valence-electron chi connectivity index (χ1n) is 8.62. The van der Waals surface area contributed by atoms with Gasteiger partial charge in [0.05, 0.1) is 0 Å². The number of nitrogens with zero attached hydrogens (tertiary/aromatic N) is 4. The second-order valence-corrected chi connectivity index (χ2v) is 9.66. The minimum atomic E-state index is -3.33. The van der Waals surface area contributed by atoms with Crippen LogP contribution < -0.4 is 0 Å². The third-order valence-corrected chi connectivity index (χ3v) is 8.32. The molecule has 0 bridgehead atoms. The molecule has 6 nitrogen and oxygen atoms in total. The van der Waals surface area contributed by atoms with Crippen molar-refractivity contribution in [3.63, 3.8) is 0 Å². The Morgan fingerprint density at radius 1 is 1.08 bits per heavy atom. The van der Waals surface area contributed by atoms with Crippen LogP contribution in [-0.4, -0.2) is 40.6 Å². The van der Waals surface area contributed by atoms with Crippen LogP contribution in [0, 0.1) is 0 Å². The molecule has 0 atom stereocenters. The van der Waals surface area contributed by atoms with Crippen molar-refractivity contribution in [2.75, 3.05) is 13.1 Å². The van der Waals surface area contributed by atoms with Crippen LogP contribution in [0.1, 0.15) is 49.7 Å². The Hall–Kier alpha value is -1.25. The predicted octanol–water partition coefficient (Wildman–Crippen LogP) is 2.63. The van der Waals surface area contributed by atoms with Crippen LogP contribution in [-0.2, 0) is 23.0 Å². The van der Waals surface area contributed by atoms with Crippen molar-refractivity contribution in [3.8, 4) is 0 Å². The second kappa shape index (κ2) is 6.57. The Bertz CT molecular complexity index is 790. The van der Waals surface area contributed by atoms with Crippen molar-refractivity contribution >= 4 is 21.4 Å². The average molecular weight is 367 g/mol. The van der Waals surface area contributed by atoms with Gasteiger partial charge in [-0.3, -0.25) is 0 Å². The van der Waals surface area contributed by atoms with Crippen LogP contribution in [0.5, 0.6) is 0 Å². The summed E-state index contributed by atoms with van der Waals surface area (Å²) in [6.45, 7) is 2.13. The minimum absolute atomic E-state index is 0.319. The molecule has 4 heterocycles. The lowest BCUT2D eigenvalue weighted by Crippen LogP contribution is -2.38. The van der Waals surface area contributed by atoms with E-state index in [2.05, 4.69) is 14.8 Å². The zero-order valence-electron chi connectivity index (χ0n) is 13.6. The van der Waals surface area contributed by atoms with Gasteiger partial charge in [-0.2, -0.15) is 4.31 Å². The van der Waals surface area contributed by atoms with Gasteiger partial charge in [-0.25, -0.2) is 8.42 Å². The van der Waals surface area contributed by atoms with Crippen LogP contribution in [0.3, 0.4) is 0 Å². The Balaban J connectivity index is 1.48. The molecule has 2 aromatic heterocycles. The summed E-state index contributed by atoms with van der Waals surface area (Å²) < 4.78 is 29.6. The molecule has 2 aromatic rings. The first-order valence-corrected chi connectivity index (χ1v) is 10.9. The van der Waals surface area contributed by atoms with E-state index in [9.17, 15) is 8.42 Å². The molecule has 2 aliphatic heterocycles. The summed E-state index contributed by atoms with van der Waals surface area (Å²) >= 11 is 1.29. The van der Waals surface area contributed by atoms with E-state index in [0.29, 0.717) is 23.2 Å². The number of rotatable bonds is 3. The van der Waals surface area contributed by atoms with Gasteiger partial charge in [0.2, 0.25) is 0 Å². The molecular weight excluding hydrogens is 344 g/mol. The van der Waals surface area contributed by atoms with Crippen LogP contribution in [0.2, 0.25) is 0 Å². The highest BCUT2D eigenvalue weighted by Gasteiger charge is 2.32. The highest BCUT2D eigenvalue weighted by Crippen LogP contribution is 2.32. The van der Waals surface area contributed by atoms with Crippen LogP contribution in [0.25, 0.3) is 0 Å². The molecule has 0 N–H and O–H groups in total. The van der Waals surface area contributed by atoms with Crippen molar-refractivity contribution < 1.29 is 8.42 Å². The molecule has 4 rings (SSSR count). The fourth-order valence-corrected chi connectivity index (χ4v) is 6.32. The van der Waals surface area contributed by atoms with Gasteiger partial charge in [-0.15, -0.1) is 21.5 Å². The van der Waals surface area contributed by atoms with Gasteiger partial charge in [0.1, 0.15) is 15.9 Å². The van der Waals surface area contributed by atoms with Crippen molar-refractivity contribution in [1.29, 1.82) is 0 Å². The maximum absolute atomic E-state index is 12.6. The van der Waals surface area contributed by atoms with Gasteiger partial charge in [0.25, 0.3) is 10.0 Å². The summed E-state index contributed by atoms with van der Waals surface area (Å²) in [6.07, 6.45) is 6.28.